The Kier molecular flexibility index (Phi) is 25.9. The Bertz CT molecular complexity index is 517. The Morgan fingerprint density at radius 3 is 0.935 bits per heavy atom. The average Bonchev–Trinajstić information content (AvgIpc) is 3.14. The molecule has 13 nitrogen and oxygen atoms in total. The average molecular weight is 452 g/mol. The fraction of sp³-hybridized carbons (Fsp3) is 0.389. The number of hydrogen-bond donors (Lipinski definition) is 7. The Morgan fingerprint density at radius 1 is 0.710 bits per heavy atom. The van der Waals surface area contributed by atoms with E-state index in [9.17, 15) is 24.0 Å². The van der Waals surface area contributed by atoms with Crippen molar-refractivity contribution in [2.45, 2.75) is 12.8 Å². The van der Waals surface area contributed by atoms with E-state index in [2.05, 4.69) is 24.5 Å². The van der Waals surface area contributed by atoms with Gasteiger partial charge in [-0.15, -0.1) is 0 Å². The van der Waals surface area contributed by atoms with Crippen molar-refractivity contribution >= 4 is 29.8 Å². The number of aliphatic hydroxyl groups is 4. The molecule has 0 bridgehead atoms. The summed E-state index contributed by atoms with van der Waals surface area (Å²) in [5.74, 6) is -3.74. The molecule has 0 spiro atoms. The van der Waals surface area contributed by atoms with E-state index >= 15 is 0 Å². The highest BCUT2D eigenvalue weighted by molar-refractivity contribution is 5.92. The quantitative estimate of drug-likeness (QED) is 0.133. The van der Waals surface area contributed by atoms with Crippen molar-refractivity contribution in [3.63, 3.8) is 0 Å². The smallest absolute Gasteiger partial charge is 0.327 e. The first-order chi connectivity index (χ1) is 14.3. The number of esters is 2. The van der Waals surface area contributed by atoms with Gasteiger partial charge in [-0.2, -0.15) is 0 Å². The molecule has 0 aromatic carbocycles. The van der Waals surface area contributed by atoms with Crippen LogP contribution in [-0.2, 0) is 28.7 Å². The molecule has 1 rings (SSSR count). The van der Waals surface area contributed by atoms with Crippen LogP contribution in [0.5, 0.6) is 0 Å². The van der Waals surface area contributed by atoms with E-state index in [1.165, 1.54) is 0 Å². The number of aliphatic hydroxyl groups excluding tert-OH is 4. The first-order valence-electron chi connectivity index (χ1n) is 8.08. The van der Waals surface area contributed by atoms with Crippen molar-refractivity contribution in [1.82, 2.24) is 0 Å². The minimum atomic E-state index is -1.11. The summed E-state index contributed by atoms with van der Waals surface area (Å²) >= 11 is 0. The minimum absolute atomic E-state index is 0.263. The Labute approximate surface area is 177 Å². The zero-order chi connectivity index (χ0) is 25.5. The second-order valence-corrected chi connectivity index (χ2v) is 5.11. The highest BCUT2D eigenvalue weighted by atomic mass is 16.6. The van der Waals surface area contributed by atoms with Gasteiger partial charge < -0.3 is 40.5 Å². The molecule has 0 aromatic rings. The number of ether oxygens (including phenoxy) is 1. The number of cyclic esters (lactones) is 2. The Morgan fingerprint density at radius 2 is 0.903 bits per heavy atom. The maximum Gasteiger partial charge on any atom is 0.327 e. The van der Waals surface area contributed by atoms with Crippen molar-refractivity contribution in [3.8, 4) is 0 Å². The van der Waals surface area contributed by atoms with Gasteiger partial charge in [-0.3, -0.25) is 9.59 Å². The van der Waals surface area contributed by atoms with E-state index in [-0.39, 0.29) is 12.8 Å². The van der Waals surface area contributed by atoms with Gasteiger partial charge in [0.2, 0.25) is 0 Å². The summed E-state index contributed by atoms with van der Waals surface area (Å²) in [5, 5.41) is 56.8. The highest BCUT2D eigenvalue weighted by Gasteiger charge is 2.26. The summed E-state index contributed by atoms with van der Waals surface area (Å²) in [4.78, 5) is 47.8. The monoisotopic (exact) mass is 452 g/mol. The molecule has 1 fully saturated rings. The molecule has 0 radical (unpaired) electrons. The number of carbonyl (C=O) groups is 5. The van der Waals surface area contributed by atoms with E-state index < -0.39 is 61.7 Å². The van der Waals surface area contributed by atoms with Crippen LogP contribution in [0.15, 0.2) is 38.0 Å². The number of carboxylic acid groups (broad SMARTS) is 3. The predicted molar refractivity (Wildman–Crippen MR) is 105 cm³/mol. The third-order valence-corrected chi connectivity index (χ3v) is 2.63. The third-order valence-electron chi connectivity index (χ3n) is 2.63. The zero-order valence-electron chi connectivity index (χ0n) is 16.7. The number of hydrogen-bond acceptors (Lipinski definition) is 10. The van der Waals surface area contributed by atoms with Crippen LogP contribution in [0.4, 0.5) is 0 Å². The lowest BCUT2D eigenvalue weighted by atomic mass is 9.93. The van der Waals surface area contributed by atoms with Crippen molar-refractivity contribution in [3.05, 3.63) is 38.0 Å². The molecule has 1 heterocycles. The van der Waals surface area contributed by atoms with Crippen LogP contribution in [0.2, 0.25) is 0 Å². The molecule has 1 aliphatic rings. The normalized spacial score (nSPS) is 11.1. The summed E-state index contributed by atoms with van der Waals surface area (Å²) in [6.07, 6.45) is 3.03. The van der Waals surface area contributed by atoms with Crippen LogP contribution in [0.3, 0.4) is 0 Å². The molecule has 31 heavy (non-hydrogen) atoms. The zero-order valence-corrected chi connectivity index (χ0v) is 16.7. The summed E-state index contributed by atoms with van der Waals surface area (Å²) in [6, 6.07) is 0. The van der Waals surface area contributed by atoms with Crippen LogP contribution < -0.4 is 0 Å². The molecular weight excluding hydrogens is 424 g/mol. The molecule has 0 aromatic heterocycles. The molecule has 1 aliphatic heterocycles. The van der Waals surface area contributed by atoms with Gasteiger partial charge in [-0.25, -0.2) is 14.4 Å². The van der Waals surface area contributed by atoms with Crippen molar-refractivity contribution in [2.24, 2.45) is 5.41 Å². The van der Waals surface area contributed by atoms with Crippen LogP contribution >= 0.6 is 0 Å². The Hall–Kier alpha value is -3.39. The predicted octanol–water partition coefficient (Wildman–Crippen LogP) is -1.44. The lowest BCUT2D eigenvalue weighted by molar-refractivity contribution is -0.152. The minimum Gasteiger partial charge on any atom is -0.478 e. The van der Waals surface area contributed by atoms with Crippen LogP contribution in [0, 0.1) is 5.41 Å². The molecule has 1 saturated heterocycles. The summed E-state index contributed by atoms with van der Waals surface area (Å²) in [5.41, 5.74) is -1.11. The van der Waals surface area contributed by atoms with E-state index in [4.69, 9.17) is 35.7 Å². The molecule has 0 unspecified atom stereocenters. The third kappa shape index (κ3) is 28.9. The first kappa shape index (κ1) is 35.1. The largest absolute Gasteiger partial charge is 0.478 e. The second-order valence-electron chi connectivity index (χ2n) is 5.11. The summed E-state index contributed by atoms with van der Waals surface area (Å²) < 4.78 is 4.08. The van der Waals surface area contributed by atoms with E-state index in [1.54, 1.807) is 0 Å². The molecule has 0 atom stereocenters. The van der Waals surface area contributed by atoms with Crippen LogP contribution in [-0.4, -0.2) is 92.0 Å². The molecule has 0 saturated carbocycles. The Balaban J connectivity index is -0.000000151. The molecule has 0 aliphatic carbocycles. The summed E-state index contributed by atoms with van der Waals surface area (Å²) in [6.45, 7) is 7.26. The van der Waals surface area contributed by atoms with Crippen molar-refractivity contribution in [1.29, 1.82) is 0 Å². The fourth-order valence-electron chi connectivity index (χ4n) is 0.733. The molecule has 13 heteroatoms. The SMILES string of the molecule is C=CC(=O)O.C=CC(=O)O.C=CC(=O)O.O=C1CCC(=O)O1.OCC(CO)(CO)CO. The van der Waals surface area contributed by atoms with Gasteiger partial charge in [-0.05, 0) is 0 Å². The van der Waals surface area contributed by atoms with Crippen LogP contribution in [0.25, 0.3) is 0 Å². The second kappa shape index (κ2) is 22.9. The highest BCUT2D eigenvalue weighted by Crippen LogP contribution is 2.11. The lowest BCUT2D eigenvalue weighted by Crippen LogP contribution is -2.37. The molecule has 178 valence electrons. The maximum absolute atomic E-state index is 10.0. The van der Waals surface area contributed by atoms with Crippen molar-refractivity contribution < 1.29 is 64.5 Å². The standard InChI is InChI=1S/C5H12O4.C4H4O3.3C3H4O2/c6-1-5(2-7,3-8)4-9;5-3-1-2-4(6)7-3;3*1-2-3(4)5/h6-9H,1-4H2;1-2H2;3*2H,1H2,(H,4,5). The van der Waals surface area contributed by atoms with Crippen molar-refractivity contribution in [2.75, 3.05) is 26.4 Å². The first-order valence-corrected chi connectivity index (χ1v) is 8.08. The lowest BCUT2D eigenvalue weighted by Gasteiger charge is -2.23. The van der Waals surface area contributed by atoms with E-state index in [1.807, 2.05) is 0 Å². The number of carbonyl (C=O) groups excluding carboxylic acids is 2. The van der Waals surface area contributed by atoms with Gasteiger partial charge in [0.05, 0.1) is 44.7 Å². The maximum atomic E-state index is 10.0. The van der Waals surface area contributed by atoms with Gasteiger partial charge in [0.1, 0.15) is 0 Å². The van der Waals surface area contributed by atoms with Gasteiger partial charge in [-0.1, -0.05) is 19.7 Å². The van der Waals surface area contributed by atoms with Gasteiger partial charge >= 0.3 is 29.8 Å². The topological polar surface area (TPSA) is 236 Å². The van der Waals surface area contributed by atoms with E-state index in [0.29, 0.717) is 0 Å². The molecular formula is C18H28O13. The number of carboxylic acids is 3. The number of aliphatic carboxylic acids is 3. The number of rotatable bonds is 7. The van der Waals surface area contributed by atoms with Gasteiger partial charge in [0.15, 0.2) is 0 Å². The van der Waals surface area contributed by atoms with E-state index in [0.717, 1.165) is 18.2 Å². The van der Waals surface area contributed by atoms with Gasteiger partial charge in [0, 0.05) is 18.2 Å². The fourth-order valence-corrected chi connectivity index (χ4v) is 0.733. The molecule has 7 N–H and O–H groups in total. The molecule has 0 amide bonds. The van der Waals surface area contributed by atoms with Gasteiger partial charge in [0.25, 0.3) is 0 Å². The summed E-state index contributed by atoms with van der Waals surface area (Å²) in [7, 11) is 0. The van der Waals surface area contributed by atoms with Crippen LogP contribution in [0.1, 0.15) is 12.8 Å².